The van der Waals surface area contributed by atoms with Crippen molar-refractivity contribution in [1.29, 1.82) is 0 Å². The van der Waals surface area contributed by atoms with E-state index in [4.69, 9.17) is 4.74 Å². The summed E-state index contributed by atoms with van der Waals surface area (Å²) in [7, 11) is 1.71. The normalized spacial score (nSPS) is 11.5. The molecule has 1 heterocycles. The van der Waals surface area contributed by atoms with Gasteiger partial charge in [-0.1, -0.05) is 12.1 Å². The van der Waals surface area contributed by atoms with Crippen LogP contribution in [0.1, 0.15) is 25.0 Å². The van der Waals surface area contributed by atoms with E-state index in [2.05, 4.69) is 15.3 Å². The van der Waals surface area contributed by atoms with Crippen LogP contribution < -0.4 is 15.0 Å². The number of ether oxygens (including phenoxy) is 1. The first-order valence-corrected chi connectivity index (χ1v) is 9.42. The number of nitrogens with zero attached hydrogens (tertiary/aromatic N) is 3. The monoisotopic (exact) mass is 416 g/mol. The third-order valence-electron chi connectivity index (χ3n) is 4.26. The van der Waals surface area contributed by atoms with E-state index in [1.165, 1.54) is 0 Å². The molecule has 158 valence electrons. The van der Waals surface area contributed by atoms with Gasteiger partial charge in [-0.2, -0.15) is 18.2 Å². The van der Waals surface area contributed by atoms with E-state index in [1.54, 1.807) is 36.2 Å². The van der Waals surface area contributed by atoms with Gasteiger partial charge >= 0.3 is 6.18 Å². The lowest BCUT2D eigenvalue weighted by Crippen LogP contribution is -2.17. The van der Waals surface area contributed by atoms with Gasteiger partial charge in [0.25, 0.3) is 0 Å². The molecule has 5 nitrogen and oxygen atoms in total. The lowest BCUT2D eigenvalue weighted by molar-refractivity contribution is -0.137. The Morgan fingerprint density at radius 2 is 1.77 bits per heavy atom. The molecule has 2 aromatic carbocycles. The predicted molar refractivity (Wildman–Crippen MR) is 112 cm³/mol. The Kier molecular flexibility index (Phi) is 6.14. The van der Waals surface area contributed by atoms with Crippen molar-refractivity contribution in [2.24, 2.45) is 0 Å². The van der Waals surface area contributed by atoms with E-state index >= 15 is 0 Å². The molecular weight excluding hydrogens is 393 g/mol. The fourth-order valence-corrected chi connectivity index (χ4v) is 2.81. The van der Waals surface area contributed by atoms with Gasteiger partial charge in [-0.25, -0.2) is 4.98 Å². The fraction of sp³-hybridized carbons (Fsp3) is 0.273. The fourth-order valence-electron chi connectivity index (χ4n) is 2.81. The molecule has 0 amide bonds. The molecule has 3 rings (SSSR count). The molecule has 0 unspecified atom stereocenters. The maximum atomic E-state index is 13.5. The number of halogens is 3. The minimum absolute atomic E-state index is 0.00206. The van der Waals surface area contributed by atoms with Crippen LogP contribution in [0, 0.1) is 6.92 Å². The smallest absolute Gasteiger partial charge is 0.421 e. The van der Waals surface area contributed by atoms with Crippen molar-refractivity contribution in [2.75, 3.05) is 17.3 Å². The number of aryl methyl sites for hydroxylation is 1. The molecule has 30 heavy (non-hydrogen) atoms. The van der Waals surface area contributed by atoms with Crippen LogP contribution in [0.25, 0.3) is 0 Å². The van der Waals surface area contributed by atoms with Crippen LogP contribution in [0.5, 0.6) is 5.75 Å². The maximum absolute atomic E-state index is 13.5. The van der Waals surface area contributed by atoms with Crippen LogP contribution in [-0.4, -0.2) is 23.1 Å². The Morgan fingerprint density at radius 1 is 1.07 bits per heavy atom. The zero-order chi connectivity index (χ0) is 21.9. The number of alkyl halides is 3. The van der Waals surface area contributed by atoms with E-state index in [-0.39, 0.29) is 17.9 Å². The van der Waals surface area contributed by atoms with Crippen molar-refractivity contribution in [2.45, 2.75) is 33.1 Å². The molecule has 1 N–H and O–H groups in total. The van der Waals surface area contributed by atoms with E-state index in [0.29, 0.717) is 11.4 Å². The molecule has 0 saturated carbocycles. The lowest BCUT2D eigenvalue weighted by Gasteiger charge is -2.20. The number of hydrogen-bond donors (Lipinski definition) is 1. The highest BCUT2D eigenvalue weighted by molar-refractivity contribution is 5.64. The van der Waals surface area contributed by atoms with Crippen molar-refractivity contribution in [3.63, 3.8) is 0 Å². The first-order chi connectivity index (χ1) is 14.1. The van der Waals surface area contributed by atoms with Gasteiger partial charge in [-0.15, -0.1) is 0 Å². The summed E-state index contributed by atoms with van der Waals surface area (Å²) in [5.41, 5.74) is 1.31. The average molecular weight is 416 g/mol. The Bertz CT molecular complexity index is 1000. The molecule has 0 aliphatic heterocycles. The summed E-state index contributed by atoms with van der Waals surface area (Å²) in [6.07, 6.45) is -3.79. The van der Waals surface area contributed by atoms with Crippen LogP contribution in [0.15, 0.2) is 54.7 Å². The summed E-state index contributed by atoms with van der Waals surface area (Å²) in [5, 5.41) is 2.76. The summed E-state index contributed by atoms with van der Waals surface area (Å²) >= 11 is 0. The van der Waals surface area contributed by atoms with Gasteiger partial charge in [0.05, 0.1) is 6.10 Å². The maximum Gasteiger partial charge on any atom is 0.421 e. The molecule has 0 fully saturated rings. The topological polar surface area (TPSA) is 50.3 Å². The van der Waals surface area contributed by atoms with Crippen LogP contribution in [-0.2, 0) is 6.18 Å². The molecule has 0 bridgehead atoms. The van der Waals surface area contributed by atoms with Crippen molar-refractivity contribution < 1.29 is 17.9 Å². The van der Waals surface area contributed by atoms with Gasteiger partial charge in [0.2, 0.25) is 5.95 Å². The van der Waals surface area contributed by atoms with Gasteiger partial charge in [0.15, 0.2) is 0 Å². The second kappa shape index (κ2) is 8.61. The summed E-state index contributed by atoms with van der Waals surface area (Å²) in [6, 6.07) is 14.2. The quantitative estimate of drug-likeness (QED) is 0.526. The molecule has 1 aromatic heterocycles. The van der Waals surface area contributed by atoms with Crippen molar-refractivity contribution in [3.8, 4) is 5.75 Å². The summed E-state index contributed by atoms with van der Waals surface area (Å²) in [4.78, 5) is 9.74. The minimum atomic E-state index is -4.59. The highest BCUT2D eigenvalue weighted by Gasteiger charge is 2.35. The first-order valence-electron chi connectivity index (χ1n) is 9.42. The predicted octanol–water partition coefficient (Wildman–Crippen LogP) is 6.10. The molecule has 0 aliphatic rings. The average Bonchev–Trinajstić information content (AvgIpc) is 2.67. The minimum Gasteiger partial charge on any atom is -0.491 e. The number of benzene rings is 2. The summed E-state index contributed by atoms with van der Waals surface area (Å²) in [5.74, 6) is 0.467. The number of nitrogens with one attached hydrogen (secondary N) is 1. The Labute approximate surface area is 173 Å². The number of anilines is 4. The molecule has 0 radical (unpaired) electrons. The van der Waals surface area contributed by atoms with Crippen molar-refractivity contribution >= 4 is 23.1 Å². The molecule has 0 aliphatic carbocycles. The second-order valence-corrected chi connectivity index (χ2v) is 7.14. The van der Waals surface area contributed by atoms with E-state index in [0.717, 1.165) is 17.4 Å². The SMILES string of the molecule is Cc1cccc(N(C)c2ncc(C(F)(F)F)c(Nc3ccc(OC(C)C)cc3)n2)c1. The zero-order valence-corrected chi connectivity index (χ0v) is 17.2. The first kappa shape index (κ1) is 21.4. The standard InChI is InChI=1S/C22H23F3N4O/c1-14(2)30-18-10-8-16(9-11-18)27-20-19(22(23,24)25)13-26-21(28-20)29(4)17-7-5-6-15(3)12-17/h5-14H,1-4H3,(H,26,27,28). The Balaban J connectivity index is 1.94. The summed E-state index contributed by atoms with van der Waals surface area (Å²) in [6.45, 7) is 5.73. The Morgan fingerprint density at radius 3 is 2.37 bits per heavy atom. The molecule has 3 aromatic rings. The highest BCUT2D eigenvalue weighted by atomic mass is 19.4. The molecule has 8 heteroatoms. The van der Waals surface area contributed by atoms with Crippen LogP contribution >= 0.6 is 0 Å². The molecule has 0 saturated heterocycles. The van der Waals surface area contributed by atoms with Gasteiger partial charge in [-0.05, 0) is 62.7 Å². The molecule has 0 spiro atoms. The number of rotatable bonds is 6. The van der Waals surface area contributed by atoms with Gasteiger partial charge in [0.1, 0.15) is 17.1 Å². The van der Waals surface area contributed by atoms with Crippen LogP contribution in [0.4, 0.5) is 36.3 Å². The lowest BCUT2D eigenvalue weighted by atomic mass is 10.2. The van der Waals surface area contributed by atoms with E-state index in [1.807, 2.05) is 45.0 Å². The van der Waals surface area contributed by atoms with Gasteiger partial charge < -0.3 is 15.0 Å². The highest BCUT2D eigenvalue weighted by Crippen LogP contribution is 2.36. The molecule has 0 atom stereocenters. The van der Waals surface area contributed by atoms with E-state index in [9.17, 15) is 13.2 Å². The number of aromatic nitrogens is 2. The Hall–Kier alpha value is -3.29. The van der Waals surface area contributed by atoms with Crippen molar-refractivity contribution in [1.82, 2.24) is 9.97 Å². The number of hydrogen-bond acceptors (Lipinski definition) is 5. The zero-order valence-electron chi connectivity index (χ0n) is 17.2. The van der Waals surface area contributed by atoms with Crippen molar-refractivity contribution in [3.05, 3.63) is 65.9 Å². The van der Waals surface area contributed by atoms with E-state index < -0.39 is 11.7 Å². The third kappa shape index (κ3) is 5.20. The van der Waals surface area contributed by atoms with Gasteiger partial charge in [-0.3, -0.25) is 0 Å². The second-order valence-electron chi connectivity index (χ2n) is 7.14. The summed E-state index contributed by atoms with van der Waals surface area (Å²) < 4.78 is 46.1. The largest absolute Gasteiger partial charge is 0.491 e. The van der Waals surface area contributed by atoms with Gasteiger partial charge in [0, 0.05) is 24.6 Å². The molecular formula is C22H23F3N4O. The third-order valence-corrected chi connectivity index (χ3v) is 4.26. The van der Waals surface area contributed by atoms with Crippen LogP contribution in [0.2, 0.25) is 0 Å². The van der Waals surface area contributed by atoms with Crippen LogP contribution in [0.3, 0.4) is 0 Å².